The second kappa shape index (κ2) is 9.40. The molecule has 2 saturated heterocycles. The van der Waals surface area contributed by atoms with E-state index in [4.69, 9.17) is 0 Å². The van der Waals surface area contributed by atoms with Crippen LogP contribution in [0.2, 0.25) is 0 Å². The van der Waals surface area contributed by atoms with E-state index in [-0.39, 0.29) is 18.4 Å². The number of hydrogen-bond donors (Lipinski definition) is 0. The maximum Gasteiger partial charge on any atom is 0.242 e. The number of rotatable bonds is 4. The Kier molecular flexibility index (Phi) is 6.45. The molecule has 5 heteroatoms. The number of benzene rings is 2. The Labute approximate surface area is 173 Å². The van der Waals surface area contributed by atoms with Crippen molar-refractivity contribution in [2.75, 3.05) is 39.3 Å². The van der Waals surface area contributed by atoms with Crippen LogP contribution in [-0.2, 0) is 16.1 Å². The van der Waals surface area contributed by atoms with Gasteiger partial charge in [0.05, 0.1) is 6.54 Å². The van der Waals surface area contributed by atoms with Crippen molar-refractivity contribution in [3.63, 3.8) is 0 Å². The maximum absolute atomic E-state index is 12.8. The van der Waals surface area contributed by atoms with Gasteiger partial charge in [0.15, 0.2) is 0 Å². The van der Waals surface area contributed by atoms with Gasteiger partial charge in [-0.15, -0.1) is 0 Å². The number of carbonyl (C=O) groups is 2. The fourth-order valence-electron chi connectivity index (χ4n) is 4.47. The third kappa shape index (κ3) is 4.96. The van der Waals surface area contributed by atoms with Crippen molar-refractivity contribution < 1.29 is 9.59 Å². The first-order valence-corrected chi connectivity index (χ1v) is 11.0. The predicted molar refractivity (Wildman–Crippen MR) is 115 cm³/mol. The Morgan fingerprint density at radius 3 is 2.45 bits per heavy atom. The lowest BCUT2D eigenvalue weighted by Gasteiger charge is -2.36. The normalized spacial score (nSPS) is 19.2. The molecule has 2 amide bonds. The van der Waals surface area contributed by atoms with Gasteiger partial charge in [-0.1, -0.05) is 55.3 Å². The molecular formula is C24H31N3O2. The molecule has 0 unspecified atom stereocenters. The van der Waals surface area contributed by atoms with E-state index in [1.807, 2.05) is 4.90 Å². The van der Waals surface area contributed by atoms with E-state index >= 15 is 0 Å². The zero-order chi connectivity index (χ0) is 20.1. The number of likely N-dealkylation sites (tertiary alicyclic amines) is 1. The summed E-state index contributed by atoms with van der Waals surface area (Å²) >= 11 is 0. The average Bonchev–Trinajstić information content (AvgIpc) is 2.74. The van der Waals surface area contributed by atoms with Crippen molar-refractivity contribution in [1.82, 2.24) is 14.7 Å². The lowest BCUT2D eigenvalue weighted by molar-refractivity contribution is -0.142. The number of hydrogen-bond acceptors (Lipinski definition) is 3. The van der Waals surface area contributed by atoms with Crippen LogP contribution < -0.4 is 0 Å². The Balaban J connectivity index is 1.30. The van der Waals surface area contributed by atoms with Crippen molar-refractivity contribution in [1.29, 1.82) is 0 Å². The van der Waals surface area contributed by atoms with Crippen LogP contribution in [0.15, 0.2) is 42.5 Å². The average molecular weight is 394 g/mol. The summed E-state index contributed by atoms with van der Waals surface area (Å²) in [7, 11) is 0. The molecule has 154 valence electrons. The molecule has 2 aromatic rings. The number of nitrogens with zero attached hydrogens (tertiary/aromatic N) is 3. The SMILES string of the molecule is O=C(CN1CCCCCCC1=O)N1CCN(Cc2cccc3ccccc23)CC1. The first-order valence-electron chi connectivity index (χ1n) is 11.0. The highest BCUT2D eigenvalue weighted by atomic mass is 16.2. The summed E-state index contributed by atoms with van der Waals surface area (Å²) in [5.41, 5.74) is 1.34. The number of carbonyl (C=O) groups excluding carboxylic acids is 2. The van der Waals surface area contributed by atoms with Crippen LogP contribution in [0.1, 0.15) is 37.7 Å². The summed E-state index contributed by atoms with van der Waals surface area (Å²) in [4.78, 5) is 31.2. The van der Waals surface area contributed by atoms with E-state index < -0.39 is 0 Å². The molecule has 4 rings (SSSR count). The summed E-state index contributed by atoms with van der Waals surface area (Å²) < 4.78 is 0. The fraction of sp³-hybridized carbons (Fsp3) is 0.500. The zero-order valence-corrected chi connectivity index (χ0v) is 17.2. The summed E-state index contributed by atoms with van der Waals surface area (Å²) in [6.07, 6.45) is 4.84. The van der Waals surface area contributed by atoms with Crippen molar-refractivity contribution in [2.24, 2.45) is 0 Å². The van der Waals surface area contributed by atoms with Crippen LogP contribution >= 0.6 is 0 Å². The van der Waals surface area contributed by atoms with Gasteiger partial charge in [0, 0.05) is 45.7 Å². The second-order valence-electron chi connectivity index (χ2n) is 8.27. The minimum absolute atomic E-state index is 0.101. The molecule has 2 fully saturated rings. The van der Waals surface area contributed by atoms with Gasteiger partial charge in [-0.3, -0.25) is 14.5 Å². The van der Waals surface area contributed by atoms with Crippen LogP contribution in [0, 0.1) is 0 Å². The van der Waals surface area contributed by atoms with Gasteiger partial charge in [0.2, 0.25) is 11.8 Å². The smallest absolute Gasteiger partial charge is 0.242 e. The lowest BCUT2D eigenvalue weighted by atomic mass is 10.0. The van der Waals surface area contributed by atoms with E-state index in [0.29, 0.717) is 6.42 Å². The molecule has 0 aliphatic carbocycles. The van der Waals surface area contributed by atoms with E-state index in [0.717, 1.165) is 65.0 Å². The Hall–Kier alpha value is -2.40. The van der Waals surface area contributed by atoms with E-state index in [2.05, 4.69) is 47.4 Å². The van der Waals surface area contributed by atoms with Crippen molar-refractivity contribution >= 4 is 22.6 Å². The lowest BCUT2D eigenvalue weighted by Crippen LogP contribution is -2.51. The van der Waals surface area contributed by atoms with E-state index in [1.54, 1.807) is 4.90 Å². The molecule has 5 nitrogen and oxygen atoms in total. The molecule has 2 aromatic carbocycles. The molecule has 2 heterocycles. The highest BCUT2D eigenvalue weighted by Gasteiger charge is 2.25. The van der Waals surface area contributed by atoms with Gasteiger partial charge >= 0.3 is 0 Å². The van der Waals surface area contributed by atoms with Crippen molar-refractivity contribution in [3.8, 4) is 0 Å². The quantitative estimate of drug-likeness (QED) is 0.801. The minimum atomic E-state index is 0.101. The number of amides is 2. The minimum Gasteiger partial charge on any atom is -0.339 e. The number of piperazine rings is 1. The summed E-state index contributed by atoms with van der Waals surface area (Å²) in [5, 5.41) is 2.58. The largest absolute Gasteiger partial charge is 0.339 e. The molecule has 29 heavy (non-hydrogen) atoms. The predicted octanol–water partition coefficient (Wildman–Crippen LogP) is 3.28. The molecule has 0 saturated carbocycles. The Morgan fingerprint density at radius 2 is 1.59 bits per heavy atom. The van der Waals surface area contributed by atoms with Crippen LogP contribution in [-0.4, -0.2) is 65.8 Å². The molecule has 0 spiro atoms. The molecule has 0 atom stereocenters. The van der Waals surface area contributed by atoms with Crippen molar-refractivity contribution in [2.45, 2.75) is 38.6 Å². The first-order chi connectivity index (χ1) is 14.2. The topological polar surface area (TPSA) is 43.9 Å². The van der Waals surface area contributed by atoms with Gasteiger partial charge in [-0.05, 0) is 29.2 Å². The standard InChI is InChI=1S/C24H31N3O2/c28-23-12-3-1-2-6-13-27(23)19-24(29)26-16-14-25(15-17-26)18-21-10-7-9-20-8-4-5-11-22(20)21/h4-5,7-11H,1-3,6,12-19H2. The van der Waals surface area contributed by atoms with Crippen molar-refractivity contribution in [3.05, 3.63) is 48.0 Å². The van der Waals surface area contributed by atoms with Crippen LogP contribution in [0.3, 0.4) is 0 Å². The highest BCUT2D eigenvalue weighted by molar-refractivity contribution is 5.86. The van der Waals surface area contributed by atoms with E-state index in [1.165, 1.54) is 16.3 Å². The maximum atomic E-state index is 12.8. The summed E-state index contributed by atoms with van der Waals surface area (Å²) in [6.45, 7) is 5.13. The third-order valence-corrected chi connectivity index (χ3v) is 6.25. The molecule has 0 radical (unpaired) electrons. The third-order valence-electron chi connectivity index (χ3n) is 6.25. The molecule has 0 aromatic heterocycles. The Bertz CT molecular complexity index is 853. The molecular weight excluding hydrogens is 362 g/mol. The van der Waals surface area contributed by atoms with Crippen LogP contribution in [0.4, 0.5) is 0 Å². The molecule has 0 bridgehead atoms. The molecule has 2 aliphatic heterocycles. The summed E-state index contributed by atoms with van der Waals surface area (Å²) in [6, 6.07) is 15.0. The fourth-order valence-corrected chi connectivity index (χ4v) is 4.47. The highest BCUT2D eigenvalue weighted by Crippen LogP contribution is 2.20. The second-order valence-corrected chi connectivity index (χ2v) is 8.27. The van der Waals surface area contributed by atoms with Gasteiger partial charge in [0.25, 0.3) is 0 Å². The van der Waals surface area contributed by atoms with Gasteiger partial charge in [0.1, 0.15) is 0 Å². The van der Waals surface area contributed by atoms with Gasteiger partial charge in [-0.25, -0.2) is 0 Å². The van der Waals surface area contributed by atoms with Gasteiger partial charge in [-0.2, -0.15) is 0 Å². The monoisotopic (exact) mass is 393 g/mol. The molecule has 0 N–H and O–H groups in total. The summed E-state index contributed by atoms with van der Waals surface area (Å²) in [5.74, 6) is 0.247. The zero-order valence-electron chi connectivity index (χ0n) is 17.2. The first kappa shape index (κ1) is 19.9. The van der Waals surface area contributed by atoms with Crippen LogP contribution in [0.25, 0.3) is 10.8 Å². The number of fused-ring (bicyclic) bond motifs is 1. The van der Waals surface area contributed by atoms with E-state index in [9.17, 15) is 9.59 Å². The Morgan fingerprint density at radius 1 is 0.828 bits per heavy atom. The van der Waals surface area contributed by atoms with Crippen LogP contribution in [0.5, 0.6) is 0 Å². The molecule has 2 aliphatic rings. The van der Waals surface area contributed by atoms with Gasteiger partial charge < -0.3 is 9.80 Å².